The van der Waals surface area contributed by atoms with E-state index in [0.29, 0.717) is 0 Å². The molecular formula is C15H31N. The van der Waals surface area contributed by atoms with E-state index in [0.717, 1.165) is 18.0 Å². The summed E-state index contributed by atoms with van der Waals surface area (Å²) in [7, 11) is 0. The second-order valence-corrected chi connectivity index (χ2v) is 6.10. The first-order valence-corrected chi connectivity index (χ1v) is 7.58. The maximum absolute atomic E-state index is 3.66. The van der Waals surface area contributed by atoms with Gasteiger partial charge in [-0.3, -0.25) is 0 Å². The van der Waals surface area contributed by atoms with E-state index in [1.165, 1.54) is 70.6 Å². The van der Waals surface area contributed by atoms with Crippen molar-refractivity contribution in [3.8, 4) is 0 Å². The van der Waals surface area contributed by atoms with Crippen LogP contribution in [0.4, 0.5) is 0 Å². The zero-order valence-electron chi connectivity index (χ0n) is 11.1. The van der Waals surface area contributed by atoms with E-state index in [9.17, 15) is 0 Å². The molecule has 0 aromatic rings. The highest BCUT2D eigenvalue weighted by molar-refractivity contribution is 4.86. The molecule has 1 N–H and O–H groups in total. The quantitative estimate of drug-likeness (QED) is 0.729. The summed E-state index contributed by atoms with van der Waals surface area (Å²) in [5.74, 6) is 0. The molecule has 2 saturated carbocycles. The molecule has 0 saturated heterocycles. The fourth-order valence-electron chi connectivity index (χ4n) is 3.94. The highest BCUT2D eigenvalue weighted by Crippen LogP contribution is 2.45. The van der Waals surface area contributed by atoms with Gasteiger partial charge >= 0.3 is 0 Å². The lowest BCUT2D eigenvalue weighted by Crippen LogP contribution is -2.28. The van der Waals surface area contributed by atoms with E-state index in [-0.39, 0.29) is 1.43 Å². The molecule has 2 fully saturated rings. The van der Waals surface area contributed by atoms with Crippen LogP contribution < -0.4 is 5.32 Å². The minimum absolute atomic E-state index is 0. The molecule has 16 heavy (non-hydrogen) atoms. The van der Waals surface area contributed by atoms with Crippen molar-refractivity contribution in [2.24, 2.45) is 5.41 Å². The molecule has 1 heteroatoms. The molecule has 0 aromatic heterocycles. The van der Waals surface area contributed by atoms with Gasteiger partial charge in [0, 0.05) is 7.47 Å². The maximum atomic E-state index is 3.66. The monoisotopic (exact) mass is 225 g/mol. The third-order valence-corrected chi connectivity index (χ3v) is 4.94. The third-order valence-electron chi connectivity index (χ3n) is 4.94. The minimum atomic E-state index is 0. The molecule has 0 bridgehead atoms. The van der Waals surface area contributed by atoms with Gasteiger partial charge in [-0.05, 0) is 50.5 Å². The van der Waals surface area contributed by atoms with Crippen molar-refractivity contribution in [3.05, 3.63) is 0 Å². The minimum Gasteiger partial charge on any atom is -0.314 e. The summed E-state index contributed by atoms with van der Waals surface area (Å²) in [6.45, 7) is 3.39. The van der Waals surface area contributed by atoms with E-state index < -0.39 is 0 Å². The first kappa shape index (κ1) is 12.4. The molecule has 1 unspecified atom stereocenters. The molecule has 2 aliphatic rings. The number of nitrogens with one attached hydrogen (secondary N) is 1. The van der Waals surface area contributed by atoms with Crippen molar-refractivity contribution in [3.63, 3.8) is 0 Å². The van der Waals surface area contributed by atoms with Gasteiger partial charge in [-0.1, -0.05) is 39.0 Å². The van der Waals surface area contributed by atoms with Gasteiger partial charge in [0.25, 0.3) is 0 Å². The normalized spacial score (nSPS) is 30.9. The highest BCUT2D eigenvalue weighted by Gasteiger charge is 2.32. The Labute approximate surface area is 103 Å². The van der Waals surface area contributed by atoms with Gasteiger partial charge in [-0.15, -0.1) is 0 Å². The van der Waals surface area contributed by atoms with Crippen molar-refractivity contribution in [1.29, 1.82) is 0 Å². The number of rotatable bonds is 2. The van der Waals surface area contributed by atoms with Crippen molar-refractivity contribution in [1.82, 2.24) is 5.32 Å². The van der Waals surface area contributed by atoms with Crippen LogP contribution in [0.5, 0.6) is 0 Å². The van der Waals surface area contributed by atoms with E-state index in [2.05, 4.69) is 12.2 Å². The van der Waals surface area contributed by atoms with Gasteiger partial charge in [0.2, 0.25) is 0 Å². The van der Waals surface area contributed by atoms with E-state index in [1.54, 1.807) is 0 Å². The second-order valence-electron chi connectivity index (χ2n) is 6.10. The molecule has 1 spiro atoms. The van der Waals surface area contributed by atoms with Crippen LogP contribution in [0.2, 0.25) is 0 Å². The van der Waals surface area contributed by atoms with Crippen LogP contribution in [0.15, 0.2) is 0 Å². The standard InChI is InChI=1S/C15H29N.H2/c1-2-16-14-8-7-12-15(13-9-14)10-5-3-4-6-11-15;/h14,16H,2-13H2,1H3;1H. The van der Waals surface area contributed by atoms with Gasteiger partial charge < -0.3 is 5.32 Å². The smallest absolute Gasteiger partial charge is 0.00671 e. The second kappa shape index (κ2) is 6.05. The molecule has 0 amide bonds. The van der Waals surface area contributed by atoms with Crippen molar-refractivity contribution >= 4 is 0 Å². The van der Waals surface area contributed by atoms with Crippen LogP contribution in [0.25, 0.3) is 0 Å². The Kier molecular flexibility index (Phi) is 4.69. The average molecular weight is 225 g/mol. The molecule has 2 rings (SSSR count). The van der Waals surface area contributed by atoms with Gasteiger partial charge in [0.05, 0.1) is 0 Å². The molecule has 1 atom stereocenters. The molecule has 96 valence electrons. The maximum Gasteiger partial charge on any atom is 0.00671 e. The molecule has 0 radical (unpaired) electrons. The summed E-state index contributed by atoms with van der Waals surface area (Å²) >= 11 is 0. The lowest BCUT2D eigenvalue weighted by Gasteiger charge is -2.31. The molecule has 2 aliphatic carbocycles. The summed E-state index contributed by atoms with van der Waals surface area (Å²) < 4.78 is 0. The van der Waals surface area contributed by atoms with Gasteiger partial charge in [0.15, 0.2) is 0 Å². The average Bonchev–Trinajstić information content (AvgIpc) is 2.62. The van der Waals surface area contributed by atoms with Crippen molar-refractivity contribution in [2.75, 3.05) is 6.54 Å². The Morgan fingerprint density at radius 2 is 1.62 bits per heavy atom. The molecular weight excluding hydrogens is 194 g/mol. The van der Waals surface area contributed by atoms with Crippen molar-refractivity contribution in [2.45, 2.75) is 83.6 Å². The van der Waals surface area contributed by atoms with Crippen LogP contribution in [0.1, 0.15) is 79.0 Å². The Balaban J connectivity index is 0.00000144. The summed E-state index contributed by atoms with van der Waals surface area (Å²) in [5, 5.41) is 3.66. The Hall–Kier alpha value is -0.0400. The largest absolute Gasteiger partial charge is 0.314 e. The SMILES string of the molecule is CCNC1CCCC2(CCCCCC2)CC1.[HH]. The third kappa shape index (κ3) is 3.23. The van der Waals surface area contributed by atoms with E-state index >= 15 is 0 Å². The highest BCUT2D eigenvalue weighted by atomic mass is 14.9. The first-order chi connectivity index (χ1) is 7.85. The van der Waals surface area contributed by atoms with Crippen LogP contribution in [-0.2, 0) is 0 Å². The van der Waals surface area contributed by atoms with E-state index in [1.807, 2.05) is 0 Å². The molecule has 1 nitrogen and oxygen atoms in total. The summed E-state index contributed by atoms with van der Waals surface area (Å²) in [4.78, 5) is 0. The number of hydrogen-bond acceptors (Lipinski definition) is 1. The van der Waals surface area contributed by atoms with E-state index in [4.69, 9.17) is 0 Å². The summed E-state index contributed by atoms with van der Waals surface area (Å²) in [5.41, 5.74) is 0.765. The molecule has 0 aliphatic heterocycles. The van der Waals surface area contributed by atoms with Crippen LogP contribution >= 0.6 is 0 Å². The van der Waals surface area contributed by atoms with Crippen LogP contribution in [-0.4, -0.2) is 12.6 Å². The van der Waals surface area contributed by atoms with Crippen LogP contribution in [0, 0.1) is 5.41 Å². The predicted octanol–water partition coefficient (Wildman–Crippen LogP) is 4.52. The fraction of sp³-hybridized carbons (Fsp3) is 1.00. The zero-order valence-corrected chi connectivity index (χ0v) is 11.1. The Bertz CT molecular complexity index is 197. The zero-order chi connectivity index (χ0) is 11.3. The van der Waals surface area contributed by atoms with Crippen LogP contribution in [0.3, 0.4) is 0 Å². The lowest BCUT2D eigenvalue weighted by molar-refractivity contribution is 0.205. The summed E-state index contributed by atoms with van der Waals surface area (Å²) in [6, 6.07) is 0.827. The Morgan fingerprint density at radius 1 is 0.938 bits per heavy atom. The van der Waals surface area contributed by atoms with Gasteiger partial charge in [0.1, 0.15) is 0 Å². The summed E-state index contributed by atoms with van der Waals surface area (Å²) in [6.07, 6.45) is 16.4. The predicted molar refractivity (Wildman–Crippen MR) is 72.8 cm³/mol. The topological polar surface area (TPSA) is 12.0 Å². The van der Waals surface area contributed by atoms with Gasteiger partial charge in [-0.25, -0.2) is 0 Å². The van der Waals surface area contributed by atoms with Crippen molar-refractivity contribution < 1.29 is 1.43 Å². The first-order valence-electron chi connectivity index (χ1n) is 7.58. The Morgan fingerprint density at radius 3 is 2.31 bits per heavy atom. The van der Waals surface area contributed by atoms with Gasteiger partial charge in [-0.2, -0.15) is 0 Å². The molecule has 0 aromatic carbocycles. The number of hydrogen-bond donors (Lipinski definition) is 1. The lowest BCUT2D eigenvalue weighted by atomic mass is 9.74. The fourth-order valence-corrected chi connectivity index (χ4v) is 3.94. The molecule has 0 heterocycles.